The minimum absolute atomic E-state index is 0.00135. The fourth-order valence-electron chi connectivity index (χ4n) is 3.65. The van der Waals surface area contributed by atoms with E-state index in [9.17, 15) is 14.4 Å². The highest BCUT2D eigenvalue weighted by Crippen LogP contribution is 2.30. The number of rotatable bonds is 5. The predicted octanol–water partition coefficient (Wildman–Crippen LogP) is 2.22. The van der Waals surface area contributed by atoms with Crippen LogP contribution in [-0.4, -0.2) is 41.4 Å². The molecule has 1 aromatic carbocycles. The molecule has 0 radical (unpaired) electrons. The smallest absolute Gasteiger partial charge is 0.312 e. The van der Waals surface area contributed by atoms with Crippen molar-refractivity contribution in [2.24, 2.45) is 5.92 Å². The Morgan fingerprint density at radius 1 is 1.26 bits per heavy atom. The van der Waals surface area contributed by atoms with Crippen molar-refractivity contribution in [3.05, 3.63) is 29.8 Å². The largest absolute Gasteiger partial charge is 0.452 e. The fourth-order valence-corrected chi connectivity index (χ4v) is 3.65. The van der Waals surface area contributed by atoms with E-state index in [0.717, 1.165) is 25.7 Å². The zero-order valence-electron chi connectivity index (χ0n) is 15.3. The van der Waals surface area contributed by atoms with Gasteiger partial charge in [-0.15, -0.1) is 0 Å². The fraction of sp³-hybridized carbons (Fsp3) is 0.500. The summed E-state index contributed by atoms with van der Waals surface area (Å²) in [6.45, 7) is 1.88. The van der Waals surface area contributed by atoms with Gasteiger partial charge in [0.2, 0.25) is 5.91 Å². The summed E-state index contributed by atoms with van der Waals surface area (Å²) in [4.78, 5) is 38.6. The minimum Gasteiger partial charge on any atom is -0.452 e. The average Bonchev–Trinajstić information content (AvgIpc) is 3.31. The first kappa shape index (κ1) is 18.9. The molecule has 1 N–H and O–H groups in total. The normalized spacial score (nSPS) is 21.0. The van der Waals surface area contributed by atoms with Crippen LogP contribution < -0.4 is 5.32 Å². The number of hydrogen-bond donors (Lipinski definition) is 1. The number of nitrogens with zero attached hydrogens (tertiary/aromatic N) is 2. The first-order valence-corrected chi connectivity index (χ1v) is 9.29. The number of likely N-dealkylation sites (tertiary alicyclic amines) is 1. The number of benzene rings is 1. The molecule has 2 aliphatic rings. The van der Waals surface area contributed by atoms with Gasteiger partial charge in [-0.3, -0.25) is 14.4 Å². The number of hydrogen-bond acceptors (Lipinski definition) is 5. The van der Waals surface area contributed by atoms with Gasteiger partial charge >= 0.3 is 5.97 Å². The van der Waals surface area contributed by atoms with E-state index in [2.05, 4.69) is 5.32 Å². The highest BCUT2D eigenvalue weighted by atomic mass is 16.5. The van der Waals surface area contributed by atoms with E-state index in [-0.39, 0.29) is 18.4 Å². The van der Waals surface area contributed by atoms with Crippen LogP contribution in [0.3, 0.4) is 0 Å². The van der Waals surface area contributed by atoms with Crippen LogP contribution in [0.25, 0.3) is 0 Å². The topological polar surface area (TPSA) is 99.5 Å². The molecular weight excluding hydrogens is 346 g/mol. The second-order valence-electron chi connectivity index (χ2n) is 7.14. The number of nitrogens with one attached hydrogen (secondary N) is 1. The third kappa shape index (κ3) is 4.45. The highest BCUT2D eigenvalue weighted by molar-refractivity contribution is 5.95. The number of amides is 2. The SMILES string of the molecule is C[C@H](OC(=O)[C@@H]1CC(=O)N(C2CCCC2)C1)C(=O)Nc1ccc(C#N)cc1. The van der Waals surface area contributed by atoms with E-state index in [4.69, 9.17) is 10.00 Å². The van der Waals surface area contributed by atoms with Crippen molar-refractivity contribution in [1.82, 2.24) is 4.90 Å². The van der Waals surface area contributed by atoms with Crippen LogP contribution in [-0.2, 0) is 19.1 Å². The van der Waals surface area contributed by atoms with E-state index >= 15 is 0 Å². The molecule has 1 aromatic rings. The summed E-state index contributed by atoms with van der Waals surface area (Å²) < 4.78 is 5.29. The number of carbonyl (C=O) groups is 3. The Labute approximate surface area is 158 Å². The van der Waals surface area contributed by atoms with E-state index in [1.165, 1.54) is 6.92 Å². The molecule has 2 amide bonds. The van der Waals surface area contributed by atoms with Crippen LogP contribution in [0.2, 0.25) is 0 Å². The van der Waals surface area contributed by atoms with Crippen LogP contribution in [0.1, 0.15) is 44.6 Å². The second-order valence-corrected chi connectivity index (χ2v) is 7.14. The maximum absolute atomic E-state index is 12.4. The molecule has 1 heterocycles. The standard InChI is InChI=1S/C20H23N3O4/c1-13(19(25)22-16-8-6-14(11-21)7-9-16)27-20(26)15-10-18(24)23(12-15)17-4-2-3-5-17/h6-9,13,15,17H,2-5,10,12H2,1H3,(H,22,25)/t13-,15+/m0/s1. The summed E-state index contributed by atoms with van der Waals surface area (Å²) in [7, 11) is 0. The van der Waals surface area contributed by atoms with Gasteiger partial charge in [0, 0.05) is 24.7 Å². The molecule has 7 heteroatoms. The van der Waals surface area contributed by atoms with Crippen molar-refractivity contribution in [3.63, 3.8) is 0 Å². The molecule has 1 saturated heterocycles. The van der Waals surface area contributed by atoms with Crippen LogP contribution in [0, 0.1) is 17.2 Å². The van der Waals surface area contributed by atoms with Crippen molar-refractivity contribution < 1.29 is 19.1 Å². The maximum Gasteiger partial charge on any atom is 0.312 e. The lowest BCUT2D eigenvalue weighted by Crippen LogP contribution is -2.36. The molecular formula is C20H23N3O4. The third-order valence-corrected chi connectivity index (χ3v) is 5.20. The monoisotopic (exact) mass is 369 g/mol. The lowest BCUT2D eigenvalue weighted by molar-refractivity contribution is -0.157. The number of ether oxygens (including phenoxy) is 1. The van der Waals surface area contributed by atoms with Gasteiger partial charge in [-0.1, -0.05) is 12.8 Å². The maximum atomic E-state index is 12.4. The zero-order valence-corrected chi connectivity index (χ0v) is 15.3. The van der Waals surface area contributed by atoms with Crippen LogP contribution in [0.5, 0.6) is 0 Å². The zero-order chi connectivity index (χ0) is 19.4. The van der Waals surface area contributed by atoms with Crippen molar-refractivity contribution >= 4 is 23.5 Å². The molecule has 1 saturated carbocycles. The average molecular weight is 369 g/mol. The molecule has 0 aromatic heterocycles. The predicted molar refractivity (Wildman–Crippen MR) is 97.4 cm³/mol. The Balaban J connectivity index is 1.51. The van der Waals surface area contributed by atoms with Crippen LogP contribution in [0.15, 0.2) is 24.3 Å². The van der Waals surface area contributed by atoms with Gasteiger partial charge in [0.1, 0.15) is 0 Å². The molecule has 3 rings (SSSR count). The van der Waals surface area contributed by atoms with Gasteiger partial charge in [-0.05, 0) is 44.0 Å². The molecule has 2 fully saturated rings. The lowest BCUT2D eigenvalue weighted by atomic mass is 10.1. The van der Waals surface area contributed by atoms with Gasteiger partial charge in [-0.2, -0.15) is 5.26 Å². The quantitative estimate of drug-likeness (QED) is 0.802. The van der Waals surface area contributed by atoms with E-state index in [1.54, 1.807) is 29.2 Å². The van der Waals surface area contributed by atoms with Gasteiger partial charge in [0.05, 0.1) is 17.6 Å². The van der Waals surface area contributed by atoms with Gasteiger partial charge in [0.25, 0.3) is 5.91 Å². The summed E-state index contributed by atoms with van der Waals surface area (Å²) in [5.41, 5.74) is 1.01. The second kappa shape index (κ2) is 8.21. The Bertz CT molecular complexity index is 762. The molecule has 7 nitrogen and oxygen atoms in total. The number of anilines is 1. The summed E-state index contributed by atoms with van der Waals surface area (Å²) in [6.07, 6.45) is 3.42. The first-order valence-electron chi connectivity index (χ1n) is 9.29. The van der Waals surface area contributed by atoms with E-state index in [0.29, 0.717) is 17.8 Å². The van der Waals surface area contributed by atoms with Crippen molar-refractivity contribution in [1.29, 1.82) is 5.26 Å². The van der Waals surface area contributed by atoms with Gasteiger partial charge in [-0.25, -0.2) is 0 Å². The van der Waals surface area contributed by atoms with E-state index < -0.39 is 23.9 Å². The Morgan fingerprint density at radius 2 is 1.93 bits per heavy atom. The summed E-state index contributed by atoms with van der Waals surface area (Å²) in [5.74, 6) is -1.47. The van der Waals surface area contributed by atoms with Crippen LogP contribution >= 0.6 is 0 Å². The number of esters is 1. The van der Waals surface area contributed by atoms with Crippen LogP contribution in [0.4, 0.5) is 5.69 Å². The molecule has 0 bridgehead atoms. The molecule has 1 aliphatic carbocycles. The number of nitriles is 1. The molecule has 27 heavy (non-hydrogen) atoms. The van der Waals surface area contributed by atoms with Crippen molar-refractivity contribution in [2.75, 3.05) is 11.9 Å². The van der Waals surface area contributed by atoms with Gasteiger partial charge in [0.15, 0.2) is 6.10 Å². The molecule has 0 unspecified atom stereocenters. The summed E-state index contributed by atoms with van der Waals surface area (Å²) in [6, 6.07) is 8.65. The van der Waals surface area contributed by atoms with E-state index in [1.807, 2.05) is 6.07 Å². The molecule has 0 spiro atoms. The molecule has 2 atom stereocenters. The Morgan fingerprint density at radius 3 is 2.56 bits per heavy atom. The molecule has 142 valence electrons. The Hall–Kier alpha value is -2.88. The lowest BCUT2D eigenvalue weighted by Gasteiger charge is -2.24. The third-order valence-electron chi connectivity index (χ3n) is 5.20. The Kier molecular flexibility index (Phi) is 5.75. The highest BCUT2D eigenvalue weighted by Gasteiger charge is 2.40. The van der Waals surface area contributed by atoms with Gasteiger partial charge < -0.3 is 15.0 Å². The van der Waals surface area contributed by atoms with Crippen molar-refractivity contribution in [2.45, 2.75) is 51.2 Å². The summed E-state index contributed by atoms with van der Waals surface area (Å²) >= 11 is 0. The first-order chi connectivity index (χ1) is 13.0. The van der Waals surface area contributed by atoms with Crippen molar-refractivity contribution in [3.8, 4) is 6.07 Å². The minimum atomic E-state index is -0.969. The summed E-state index contributed by atoms with van der Waals surface area (Å²) in [5, 5.41) is 11.4. The number of carbonyl (C=O) groups excluding carboxylic acids is 3. The molecule has 1 aliphatic heterocycles.